The summed E-state index contributed by atoms with van der Waals surface area (Å²) >= 11 is 0. The molecule has 1 fully saturated rings. The van der Waals surface area contributed by atoms with E-state index < -0.39 is 35.2 Å². The van der Waals surface area contributed by atoms with Gasteiger partial charge < -0.3 is 5.11 Å². The molecule has 1 N–H and O–H groups in total. The molecule has 120 valence electrons. The molecule has 0 spiro atoms. The van der Waals surface area contributed by atoms with Crippen LogP contribution in [0.2, 0.25) is 0 Å². The average molecular weight is 306 g/mol. The van der Waals surface area contributed by atoms with Gasteiger partial charge in [-0.1, -0.05) is 13.8 Å². The van der Waals surface area contributed by atoms with Crippen molar-refractivity contribution in [3.8, 4) is 0 Å². The fraction of sp³-hybridized carbons (Fsp3) is 1.00. The van der Waals surface area contributed by atoms with Crippen LogP contribution in [0.1, 0.15) is 46.5 Å². The van der Waals surface area contributed by atoms with E-state index in [0.29, 0.717) is 6.92 Å². The zero-order valence-corrected chi connectivity index (χ0v) is 11.7. The van der Waals surface area contributed by atoms with Crippen LogP contribution in [0.15, 0.2) is 0 Å². The molecule has 0 aliphatic heterocycles. The quantitative estimate of drug-likeness (QED) is 0.734. The molecule has 0 saturated heterocycles. The van der Waals surface area contributed by atoms with E-state index >= 15 is 0 Å². The van der Waals surface area contributed by atoms with Crippen molar-refractivity contribution in [1.82, 2.24) is 0 Å². The molecule has 1 saturated carbocycles. The first kappa shape index (κ1) is 17.6. The number of aliphatic hydroxyl groups is 1. The lowest BCUT2D eigenvalue weighted by atomic mass is 9.65. The van der Waals surface area contributed by atoms with E-state index in [1.54, 1.807) is 0 Å². The van der Waals surface area contributed by atoms with Crippen LogP contribution >= 0.6 is 0 Å². The van der Waals surface area contributed by atoms with E-state index in [1.165, 1.54) is 0 Å². The van der Waals surface area contributed by atoms with Crippen LogP contribution in [0.3, 0.4) is 0 Å². The molecule has 7 heteroatoms. The molecule has 0 aromatic heterocycles. The van der Waals surface area contributed by atoms with Gasteiger partial charge in [0.05, 0.1) is 5.41 Å². The van der Waals surface area contributed by atoms with Gasteiger partial charge in [0, 0.05) is 0 Å². The summed E-state index contributed by atoms with van der Waals surface area (Å²) in [5.41, 5.74) is -4.75. The van der Waals surface area contributed by atoms with Crippen molar-refractivity contribution >= 4 is 0 Å². The lowest BCUT2D eigenvalue weighted by molar-refractivity contribution is -0.279. The van der Waals surface area contributed by atoms with Crippen LogP contribution in [-0.2, 0) is 0 Å². The molecule has 1 aliphatic carbocycles. The van der Waals surface area contributed by atoms with Crippen LogP contribution in [0, 0.1) is 17.3 Å². The molecule has 1 nitrogen and oxygen atoms in total. The smallest absolute Gasteiger partial charge is 0.380 e. The molecule has 1 rings (SSSR count). The first-order valence-corrected chi connectivity index (χ1v) is 6.57. The molecule has 0 bridgehead atoms. The summed E-state index contributed by atoms with van der Waals surface area (Å²) in [7, 11) is 0. The molecular formula is C13H20F6O. The minimum atomic E-state index is -4.76. The molecule has 0 amide bonds. The molecule has 1 atom stereocenters. The third-order valence-electron chi connectivity index (χ3n) is 4.85. The maximum atomic E-state index is 12.9. The summed E-state index contributed by atoms with van der Waals surface area (Å²) in [5.74, 6) is -1.74. The Bertz CT molecular complexity index is 300. The second kappa shape index (κ2) is 5.07. The predicted octanol–water partition coefficient (Wildman–Crippen LogP) is 4.69. The van der Waals surface area contributed by atoms with Gasteiger partial charge in [-0.2, -0.15) is 26.3 Å². The highest BCUT2D eigenvalue weighted by Gasteiger charge is 2.57. The van der Waals surface area contributed by atoms with Crippen molar-refractivity contribution in [1.29, 1.82) is 0 Å². The molecule has 0 aromatic rings. The molecular weight excluding hydrogens is 286 g/mol. The van der Waals surface area contributed by atoms with Crippen molar-refractivity contribution in [2.75, 3.05) is 0 Å². The van der Waals surface area contributed by atoms with Crippen molar-refractivity contribution in [2.45, 2.75) is 64.4 Å². The van der Waals surface area contributed by atoms with Crippen molar-refractivity contribution in [3.05, 3.63) is 0 Å². The van der Waals surface area contributed by atoms with Gasteiger partial charge in [-0.25, -0.2) is 0 Å². The number of halogens is 6. The summed E-state index contributed by atoms with van der Waals surface area (Å²) in [6.07, 6.45) is -9.14. The van der Waals surface area contributed by atoms with E-state index in [-0.39, 0.29) is 25.7 Å². The highest BCUT2D eigenvalue weighted by molar-refractivity contribution is 4.95. The lowest BCUT2D eigenvalue weighted by Crippen LogP contribution is -2.51. The van der Waals surface area contributed by atoms with Gasteiger partial charge in [0.15, 0.2) is 5.60 Å². The van der Waals surface area contributed by atoms with E-state index in [1.807, 2.05) is 0 Å². The molecule has 1 unspecified atom stereocenters. The molecule has 0 aromatic carbocycles. The third kappa shape index (κ3) is 3.07. The van der Waals surface area contributed by atoms with Gasteiger partial charge >= 0.3 is 12.4 Å². The topological polar surface area (TPSA) is 20.2 Å². The second-order valence-corrected chi connectivity index (χ2v) is 6.41. The maximum absolute atomic E-state index is 12.9. The Morgan fingerprint density at radius 2 is 1.05 bits per heavy atom. The monoisotopic (exact) mass is 306 g/mol. The highest BCUT2D eigenvalue weighted by Crippen LogP contribution is 2.52. The summed E-state index contributed by atoms with van der Waals surface area (Å²) < 4.78 is 76.9. The van der Waals surface area contributed by atoms with Gasteiger partial charge in [0.25, 0.3) is 0 Å². The zero-order chi connectivity index (χ0) is 16.0. The van der Waals surface area contributed by atoms with E-state index in [4.69, 9.17) is 0 Å². The summed E-state index contributed by atoms with van der Waals surface area (Å²) in [6.45, 7) is 2.87. The van der Waals surface area contributed by atoms with E-state index in [9.17, 15) is 31.4 Å². The zero-order valence-electron chi connectivity index (χ0n) is 11.7. The Hall–Kier alpha value is -0.460. The Balaban J connectivity index is 2.75. The average Bonchev–Trinajstić information content (AvgIpc) is 2.26. The number of hydrogen-bond donors (Lipinski definition) is 1. The van der Waals surface area contributed by atoms with Gasteiger partial charge in [-0.05, 0) is 44.4 Å². The Kier molecular flexibility index (Phi) is 4.46. The number of alkyl halides is 6. The van der Waals surface area contributed by atoms with Gasteiger partial charge in [0.1, 0.15) is 0 Å². The Morgan fingerprint density at radius 1 is 0.700 bits per heavy atom. The van der Waals surface area contributed by atoms with Crippen molar-refractivity contribution in [3.63, 3.8) is 0 Å². The predicted molar refractivity (Wildman–Crippen MR) is 62.0 cm³/mol. The summed E-state index contributed by atoms with van der Waals surface area (Å²) in [4.78, 5) is 0. The van der Waals surface area contributed by atoms with E-state index in [2.05, 4.69) is 0 Å². The summed E-state index contributed by atoms with van der Waals surface area (Å²) in [6, 6.07) is 0. The lowest BCUT2D eigenvalue weighted by Gasteiger charge is -2.44. The maximum Gasteiger partial charge on any atom is 0.417 e. The van der Waals surface area contributed by atoms with Crippen LogP contribution in [-0.4, -0.2) is 23.1 Å². The normalized spacial score (nSPS) is 29.1. The second-order valence-electron chi connectivity index (χ2n) is 6.41. The molecule has 20 heavy (non-hydrogen) atoms. The van der Waals surface area contributed by atoms with E-state index in [0.717, 1.165) is 13.8 Å². The van der Waals surface area contributed by atoms with Crippen LogP contribution in [0.25, 0.3) is 0 Å². The number of hydrogen-bond acceptors (Lipinski definition) is 1. The van der Waals surface area contributed by atoms with Gasteiger partial charge in [0.2, 0.25) is 0 Å². The molecule has 0 radical (unpaired) electrons. The fourth-order valence-corrected chi connectivity index (χ4v) is 2.84. The third-order valence-corrected chi connectivity index (χ3v) is 4.85. The standard InChI is InChI=1S/C13H20F6O/c1-10(2,12(14,15)16)8-4-6-9(7-5-8)11(3,20)13(17,18)19/h8-9,20H,4-7H2,1-3H3. The molecule has 0 heterocycles. The Morgan fingerprint density at radius 3 is 1.35 bits per heavy atom. The Labute approximate surface area is 114 Å². The van der Waals surface area contributed by atoms with Crippen LogP contribution in [0.5, 0.6) is 0 Å². The first-order valence-electron chi connectivity index (χ1n) is 6.57. The van der Waals surface area contributed by atoms with Gasteiger partial charge in [-0.3, -0.25) is 0 Å². The highest BCUT2D eigenvalue weighted by atomic mass is 19.4. The molecule has 1 aliphatic rings. The minimum Gasteiger partial charge on any atom is -0.380 e. The minimum absolute atomic E-state index is 0.0450. The first-order chi connectivity index (χ1) is 8.71. The van der Waals surface area contributed by atoms with Crippen LogP contribution in [0.4, 0.5) is 26.3 Å². The van der Waals surface area contributed by atoms with Crippen molar-refractivity contribution in [2.24, 2.45) is 17.3 Å². The number of rotatable bonds is 2. The van der Waals surface area contributed by atoms with Gasteiger partial charge in [-0.15, -0.1) is 0 Å². The fourth-order valence-electron chi connectivity index (χ4n) is 2.84. The summed E-state index contributed by atoms with van der Waals surface area (Å²) in [5, 5.41) is 9.58. The largest absolute Gasteiger partial charge is 0.417 e. The van der Waals surface area contributed by atoms with Crippen LogP contribution < -0.4 is 0 Å². The van der Waals surface area contributed by atoms with Crippen molar-refractivity contribution < 1.29 is 31.4 Å². The SMILES string of the molecule is CC(C)(C1CCC(C(C)(O)C(F)(F)F)CC1)C(F)(F)F.